The minimum Gasteiger partial charge on any atom is -0.264 e. The molecule has 0 fully saturated rings. The van der Waals surface area contributed by atoms with E-state index in [9.17, 15) is 0 Å². The highest BCUT2D eigenvalue weighted by Crippen LogP contribution is 2.37. The van der Waals surface area contributed by atoms with Crippen molar-refractivity contribution in [3.63, 3.8) is 0 Å². The predicted octanol–water partition coefficient (Wildman–Crippen LogP) is 10.7. The van der Waals surface area contributed by atoms with Gasteiger partial charge in [0.25, 0.3) is 0 Å². The summed E-state index contributed by atoms with van der Waals surface area (Å²) in [6.07, 6.45) is 3.67. The zero-order chi connectivity index (χ0) is 29.5. The van der Waals surface area contributed by atoms with E-state index in [1.165, 1.54) is 20.2 Å². The first-order valence-electron chi connectivity index (χ1n) is 14.2. The summed E-state index contributed by atoms with van der Waals surface area (Å²) < 4.78 is 3.48. The molecule has 6 heteroatoms. The maximum Gasteiger partial charge on any atom is 0.164 e. The van der Waals surface area contributed by atoms with Crippen LogP contribution in [0.4, 0.5) is 0 Å². The first-order valence-corrected chi connectivity index (χ1v) is 15.8. The molecule has 0 radical (unpaired) electrons. The standard InChI is InChI=1S/C38H23BrN4S/c39-31-20-29(25-14-12-24(13-15-25)28-9-6-18-40-23-28)19-30(21-31)38-42-36(26-7-2-1-3-8-26)41-37(43-38)27-16-17-35-33(22-27)32-10-4-5-11-34(32)44-35/h1-23H. The molecule has 0 spiro atoms. The van der Waals surface area contributed by atoms with Gasteiger partial charge in [-0.25, -0.2) is 15.0 Å². The zero-order valence-corrected chi connectivity index (χ0v) is 25.8. The minimum absolute atomic E-state index is 0.624. The molecule has 0 aliphatic heterocycles. The van der Waals surface area contributed by atoms with Gasteiger partial charge in [-0.2, -0.15) is 0 Å². The van der Waals surface area contributed by atoms with Crippen molar-refractivity contribution in [2.75, 3.05) is 0 Å². The van der Waals surface area contributed by atoms with Crippen molar-refractivity contribution >= 4 is 47.4 Å². The highest BCUT2D eigenvalue weighted by molar-refractivity contribution is 9.10. The Morgan fingerprint density at radius 1 is 0.432 bits per heavy atom. The van der Waals surface area contributed by atoms with Crippen LogP contribution in [0.25, 0.3) is 76.6 Å². The summed E-state index contributed by atoms with van der Waals surface area (Å²) in [5.41, 5.74) is 7.21. The van der Waals surface area contributed by atoms with Crippen molar-refractivity contribution in [2.45, 2.75) is 0 Å². The molecule has 208 valence electrons. The number of rotatable bonds is 5. The lowest BCUT2D eigenvalue weighted by atomic mass is 9.99. The van der Waals surface area contributed by atoms with Crippen molar-refractivity contribution in [1.29, 1.82) is 0 Å². The van der Waals surface area contributed by atoms with Gasteiger partial charge in [-0.3, -0.25) is 4.98 Å². The van der Waals surface area contributed by atoms with Gasteiger partial charge in [-0.1, -0.05) is 94.8 Å². The Labute approximate surface area is 266 Å². The van der Waals surface area contributed by atoms with Crippen LogP contribution in [0, 0.1) is 0 Å². The summed E-state index contributed by atoms with van der Waals surface area (Å²) in [6, 6.07) is 44.0. The Bertz CT molecular complexity index is 2280. The van der Waals surface area contributed by atoms with Gasteiger partial charge in [-0.15, -0.1) is 11.3 Å². The largest absolute Gasteiger partial charge is 0.264 e. The number of hydrogen-bond donors (Lipinski definition) is 0. The van der Waals surface area contributed by atoms with Crippen molar-refractivity contribution in [2.24, 2.45) is 0 Å². The van der Waals surface area contributed by atoms with Gasteiger partial charge in [-0.05, 0) is 70.8 Å². The Kier molecular flexibility index (Phi) is 6.78. The molecule has 8 aromatic rings. The molecule has 5 aromatic carbocycles. The van der Waals surface area contributed by atoms with Crippen LogP contribution in [-0.4, -0.2) is 19.9 Å². The van der Waals surface area contributed by atoms with E-state index in [0.29, 0.717) is 17.5 Å². The highest BCUT2D eigenvalue weighted by Gasteiger charge is 2.15. The molecule has 0 unspecified atom stereocenters. The van der Waals surface area contributed by atoms with Crippen LogP contribution < -0.4 is 0 Å². The van der Waals surface area contributed by atoms with Crippen LogP contribution in [0.3, 0.4) is 0 Å². The van der Waals surface area contributed by atoms with E-state index in [1.54, 1.807) is 17.5 Å². The number of nitrogens with zero attached hydrogens (tertiary/aromatic N) is 4. The van der Waals surface area contributed by atoms with E-state index in [4.69, 9.17) is 15.0 Å². The van der Waals surface area contributed by atoms with E-state index in [2.05, 4.69) is 112 Å². The summed E-state index contributed by atoms with van der Waals surface area (Å²) in [6.45, 7) is 0. The molecule has 44 heavy (non-hydrogen) atoms. The highest BCUT2D eigenvalue weighted by atomic mass is 79.9. The molecule has 0 saturated carbocycles. The number of pyridine rings is 1. The topological polar surface area (TPSA) is 51.6 Å². The van der Waals surface area contributed by atoms with Gasteiger partial charge in [0.15, 0.2) is 17.5 Å². The molecule has 3 heterocycles. The van der Waals surface area contributed by atoms with Crippen LogP contribution in [0.1, 0.15) is 0 Å². The van der Waals surface area contributed by atoms with Crippen LogP contribution in [0.15, 0.2) is 144 Å². The molecule has 0 aliphatic rings. The van der Waals surface area contributed by atoms with E-state index in [1.807, 2.05) is 42.6 Å². The van der Waals surface area contributed by atoms with E-state index in [0.717, 1.165) is 43.4 Å². The fourth-order valence-electron chi connectivity index (χ4n) is 5.49. The van der Waals surface area contributed by atoms with Crippen LogP contribution >= 0.6 is 27.3 Å². The fourth-order valence-corrected chi connectivity index (χ4v) is 7.07. The van der Waals surface area contributed by atoms with E-state index < -0.39 is 0 Å². The average molecular weight is 648 g/mol. The van der Waals surface area contributed by atoms with Crippen molar-refractivity contribution in [3.8, 4) is 56.4 Å². The third-order valence-electron chi connectivity index (χ3n) is 7.67. The van der Waals surface area contributed by atoms with Gasteiger partial charge < -0.3 is 0 Å². The lowest BCUT2D eigenvalue weighted by Gasteiger charge is -2.11. The summed E-state index contributed by atoms with van der Waals surface area (Å²) in [7, 11) is 0. The fraction of sp³-hybridized carbons (Fsp3) is 0. The SMILES string of the molecule is Brc1cc(-c2ccc(-c3cccnc3)cc2)cc(-c2nc(-c3ccccc3)nc(-c3ccc4sc5ccccc5c4c3)n2)c1. The molecule has 0 saturated heterocycles. The molecule has 4 nitrogen and oxygen atoms in total. The predicted molar refractivity (Wildman–Crippen MR) is 185 cm³/mol. The van der Waals surface area contributed by atoms with Gasteiger partial charge in [0, 0.05) is 53.7 Å². The normalized spacial score (nSPS) is 11.3. The Morgan fingerprint density at radius 2 is 1.05 bits per heavy atom. The van der Waals surface area contributed by atoms with Crippen molar-refractivity contribution < 1.29 is 0 Å². The first-order chi connectivity index (χ1) is 21.7. The molecule has 0 aliphatic carbocycles. The second-order valence-electron chi connectivity index (χ2n) is 10.5. The molecule has 0 N–H and O–H groups in total. The maximum atomic E-state index is 5.05. The van der Waals surface area contributed by atoms with Crippen LogP contribution in [0.5, 0.6) is 0 Å². The molecule has 3 aromatic heterocycles. The monoisotopic (exact) mass is 646 g/mol. The van der Waals surface area contributed by atoms with Gasteiger partial charge in [0.2, 0.25) is 0 Å². The number of thiophene rings is 1. The van der Waals surface area contributed by atoms with Crippen LogP contribution in [-0.2, 0) is 0 Å². The van der Waals surface area contributed by atoms with Gasteiger partial charge in [0.05, 0.1) is 0 Å². The van der Waals surface area contributed by atoms with Crippen molar-refractivity contribution in [1.82, 2.24) is 19.9 Å². The second-order valence-corrected chi connectivity index (χ2v) is 12.5. The van der Waals surface area contributed by atoms with Gasteiger partial charge >= 0.3 is 0 Å². The average Bonchev–Trinajstić information content (AvgIpc) is 3.47. The minimum atomic E-state index is 0.624. The zero-order valence-electron chi connectivity index (χ0n) is 23.4. The lowest BCUT2D eigenvalue weighted by molar-refractivity contribution is 1.07. The van der Waals surface area contributed by atoms with Gasteiger partial charge in [0.1, 0.15) is 0 Å². The second kappa shape index (κ2) is 11.2. The molecule has 8 rings (SSSR count). The Hall–Kier alpha value is -5.04. The number of fused-ring (bicyclic) bond motifs is 3. The molecule has 0 atom stereocenters. The molecule has 0 amide bonds. The number of hydrogen-bond acceptors (Lipinski definition) is 5. The summed E-state index contributed by atoms with van der Waals surface area (Å²) in [5, 5.41) is 2.46. The Balaban J connectivity index is 1.25. The quantitative estimate of drug-likeness (QED) is 0.187. The summed E-state index contributed by atoms with van der Waals surface area (Å²) in [4.78, 5) is 19.3. The summed E-state index contributed by atoms with van der Waals surface area (Å²) >= 11 is 5.56. The Morgan fingerprint density at radius 3 is 1.82 bits per heavy atom. The van der Waals surface area contributed by atoms with E-state index >= 15 is 0 Å². The number of aromatic nitrogens is 4. The van der Waals surface area contributed by atoms with Crippen LogP contribution in [0.2, 0.25) is 0 Å². The maximum absolute atomic E-state index is 5.05. The van der Waals surface area contributed by atoms with Crippen molar-refractivity contribution in [3.05, 3.63) is 144 Å². The first kappa shape index (κ1) is 26.6. The molecule has 0 bridgehead atoms. The third-order valence-corrected chi connectivity index (χ3v) is 9.28. The third kappa shape index (κ3) is 5.08. The number of benzene rings is 5. The number of halogens is 1. The molecular formula is C38H23BrN4S. The smallest absolute Gasteiger partial charge is 0.164 e. The van der Waals surface area contributed by atoms with E-state index in [-0.39, 0.29) is 0 Å². The summed E-state index contributed by atoms with van der Waals surface area (Å²) in [5.74, 6) is 1.91. The lowest BCUT2D eigenvalue weighted by Crippen LogP contribution is -2.00. The molecular weight excluding hydrogens is 624 g/mol.